The first-order valence-corrected chi connectivity index (χ1v) is 7.31. The van der Waals surface area contributed by atoms with E-state index in [4.69, 9.17) is 0 Å². The highest BCUT2D eigenvalue weighted by Crippen LogP contribution is 2.35. The van der Waals surface area contributed by atoms with Crippen LogP contribution in [0.25, 0.3) is 0 Å². The molecule has 2 N–H and O–H groups in total. The highest BCUT2D eigenvalue weighted by atomic mass is 19.1. The van der Waals surface area contributed by atoms with Crippen LogP contribution in [0.2, 0.25) is 0 Å². The quantitative estimate of drug-likeness (QED) is 0.751. The first-order chi connectivity index (χ1) is 9.69. The lowest BCUT2D eigenvalue weighted by molar-refractivity contribution is 0.356. The molecule has 0 atom stereocenters. The van der Waals surface area contributed by atoms with Crippen molar-refractivity contribution in [2.45, 2.75) is 44.1 Å². The standard InChI is InChI=1S/C16H22FN3/c1-19-10-3-2-5-13-6-7-14(11-15(13)17)20-16(12-18)8-4-9-16/h6-7,11,19-20H,2-5,8-10H2,1H3. The van der Waals surface area contributed by atoms with Crippen LogP contribution in [0.3, 0.4) is 0 Å². The van der Waals surface area contributed by atoms with Crippen LogP contribution in [0.5, 0.6) is 0 Å². The zero-order valence-electron chi connectivity index (χ0n) is 12.0. The zero-order valence-corrected chi connectivity index (χ0v) is 12.0. The van der Waals surface area contributed by atoms with E-state index < -0.39 is 5.54 Å². The van der Waals surface area contributed by atoms with Gasteiger partial charge in [0.15, 0.2) is 0 Å². The van der Waals surface area contributed by atoms with Crippen LogP contribution in [0.4, 0.5) is 10.1 Å². The normalized spacial score (nSPS) is 16.2. The molecule has 20 heavy (non-hydrogen) atoms. The van der Waals surface area contributed by atoms with Crippen molar-refractivity contribution in [1.29, 1.82) is 5.26 Å². The number of unbranched alkanes of at least 4 members (excludes halogenated alkanes) is 1. The topological polar surface area (TPSA) is 47.8 Å². The fourth-order valence-electron chi connectivity index (χ4n) is 2.52. The van der Waals surface area contributed by atoms with Gasteiger partial charge in [-0.25, -0.2) is 4.39 Å². The summed E-state index contributed by atoms with van der Waals surface area (Å²) in [7, 11) is 1.92. The van der Waals surface area contributed by atoms with Crippen molar-refractivity contribution >= 4 is 5.69 Å². The summed E-state index contributed by atoms with van der Waals surface area (Å²) in [6.45, 7) is 0.964. The van der Waals surface area contributed by atoms with E-state index in [0.717, 1.165) is 50.6 Å². The Balaban J connectivity index is 1.94. The van der Waals surface area contributed by atoms with Crippen LogP contribution in [0, 0.1) is 17.1 Å². The molecule has 1 saturated carbocycles. The van der Waals surface area contributed by atoms with Crippen molar-refractivity contribution in [3.63, 3.8) is 0 Å². The Hall–Kier alpha value is -1.60. The minimum absolute atomic E-state index is 0.174. The van der Waals surface area contributed by atoms with Crippen LogP contribution in [0.15, 0.2) is 18.2 Å². The number of hydrogen-bond donors (Lipinski definition) is 2. The number of benzene rings is 1. The smallest absolute Gasteiger partial charge is 0.128 e. The zero-order chi connectivity index (χ0) is 14.4. The lowest BCUT2D eigenvalue weighted by Crippen LogP contribution is -2.43. The maximum Gasteiger partial charge on any atom is 0.128 e. The van der Waals surface area contributed by atoms with E-state index in [1.807, 2.05) is 19.2 Å². The van der Waals surface area contributed by atoms with Crippen molar-refractivity contribution < 1.29 is 4.39 Å². The third-order valence-electron chi connectivity index (χ3n) is 3.98. The molecule has 1 aliphatic rings. The number of rotatable bonds is 7. The molecule has 1 aliphatic carbocycles. The number of nitriles is 1. The summed E-state index contributed by atoms with van der Waals surface area (Å²) < 4.78 is 14.0. The van der Waals surface area contributed by atoms with Crippen molar-refractivity contribution in [3.05, 3.63) is 29.6 Å². The molecular weight excluding hydrogens is 253 g/mol. The molecule has 0 radical (unpaired) electrons. The number of halogens is 1. The Kier molecular flexibility index (Phi) is 4.97. The van der Waals surface area contributed by atoms with Crippen LogP contribution in [0.1, 0.15) is 37.7 Å². The van der Waals surface area contributed by atoms with Gasteiger partial charge in [-0.05, 0) is 69.8 Å². The average Bonchev–Trinajstić information content (AvgIpc) is 2.41. The van der Waals surface area contributed by atoms with Gasteiger partial charge in [0.2, 0.25) is 0 Å². The Morgan fingerprint density at radius 3 is 2.70 bits per heavy atom. The second-order valence-corrected chi connectivity index (χ2v) is 5.54. The van der Waals surface area contributed by atoms with Gasteiger partial charge in [0, 0.05) is 5.69 Å². The summed E-state index contributed by atoms with van der Waals surface area (Å²) in [5.74, 6) is -0.174. The van der Waals surface area contributed by atoms with Crippen LogP contribution in [-0.2, 0) is 6.42 Å². The second-order valence-electron chi connectivity index (χ2n) is 5.54. The molecule has 4 heteroatoms. The van der Waals surface area contributed by atoms with E-state index in [-0.39, 0.29) is 5.82 Å². The van der Waals surface area contributed by atoms with Crippen molar-refractivity contribution in [3.8, 4) is 6.07 Å². The molecule has 1 aromatic rings. The van der Waals surface area contributed by atoms with E-state index in [1.54, 1.807) is 0 Å². The van der Waals surface area contributed by atoms with E-state index in [9.17, 15) is 9.65 Å². The van der Waals surface area contributed by atoms with Gasteiger partial charge in [0.1, 0.15) is 11.4 Å². The molecule has 1 aromatic carbocycles. The van der Waals surface area contributed by atoms with Gasteiger partial charge in [-0.2, -0.15) is 5.26 Å². The second kappa shape index (κ2) is 6.71. The molecule has 3 nitrogen and oxygen atoms in total. The van der Waals surface area contributed by atoms with Crippen molar-refractivity contribution in [2.24, 2.45) is 0 Å². The largest absolute Gasteiger partial charge is 0.367 e. The highest BCUT2D eigenvalue weighted by Gasteiger charge is 2.37. The van der Waals surface area contributed by atoms with E-state index in [1.165, 1.54) is 6.07 Å². The number of nitrogens with zero attached hydrogens (tertiary/aromatic N) is 1. The summed E-state index contributed by atoms with van der Waals surface area (Å²) in [6.07, 6.45) is 5.54. The van der Waals surface area contributed by atoms with Gasteiger partial charge in [-0.3, -0.25) is 0 Å². The fraction of sp³-hybridized carbons (Fsp3) is 0.562. The Bertz CT molecular complexity index is 489. The minimum Gasteiger partial charge on any atom is -0.367 e. The van der Waals surface area contributed by atoms with Crippen LogP contribution >= 0.6 is 0 Å². The molecule has 0 heterocycles. The summed E-state index contributed by atoms with van der Waals surface area (Å²) in [6, 6.07) is 7.54. The maximum absolute atomic E-state index is 14.0. The monoisotopic (exact) mass is 275 g/mol. The van der Waals surface area contributed by atoms with Gasteiger partial charge >= 0.3 is 0 Å². The Labute approximate surface area is 120 Å². The SMILES string of the molecule is CNCCCCc1ccc(NC2(C#N)CCC2)cc1F. The number of nitrogens with one attached hydrogen (secondary N) is 2. The Morgan fingerprint density at radius 1 is 1.35 bits per heavy atom. The number of hydrogen-bond acceptors (Lipinski definition) is 3. The van der Waals surface area contributed by atoms with E-state index in [0.29, 0.717) is 5.69 Å². The molecular formula is C16H22FN3. The predicted octanol–water partition coefficient (Wildman–Crippen LogP) is 3.23. The number of anilines is 1. The lowest BCUT2D eigenvalue weighted by Gasteiger charge is -2.36. The summed E-state index contributed by atoms with van der Waals surface area (Å²) >= 11 is 0. The molecule has 2 rings (SSSR count). The molecule has 108 valence electrons. The fourth-order valence-corrected chi connectivity index (χ4v) is 2.52. The summed E-state index contributed by atoms with van der Waals surface area (Å²) in [4.78, 5) is 0. The minimum atomic E-state index is -0.471. The van der Waals surface area contributed by atoms with Crippen LogP contribution < -0.4 is 10.6 Å². The summed E-state index contributed by atoms with van der Waals surface area (Å²) in [5, 5.41) is 15.4. The Morgan fingerprint density at radius 2 is 2.15 bits per heavy atom. The summed E-state index contributed by atoms with van der Waals surface area (Å²) in [5.41, 5.74) is 0.995. The molecule has 0 aromatic heterocycles. The number of aryl methyl sites for hydroxylation is 1. The first-order valence-electron chi connectivity index (χ1n) is 7.31. The maximum atomic E-state index is 14.0. The van der Waals surface area contributed by atoms with Gasteiger partial charge in [0.05, 0.1) is 6.07 Å². The molecule has 0 bridgehead atoms. The predicted molar refractivity (Wildman–Crippen MR) is 79.1 cm³/mol. The third kappa shape index (κ3) is 3.49. The van der Waals surface area contributed by atoms with Gasteiger partial charge < -0.3 is 10.6 Å². The average molecular weight is 275 g/mol. The third-order valence-corrected chi connectivity index (χ3v) is 3.98. The molecule has 0 unspecified atom stereocenters. The van der Waals surface area contributed by atoms with Gasteiger partial charge in [-0.1, -0.05) is 6.07 Å². The van der Waals surface area contributed by atoms with E-state index >= 15 is 0 Å². The highest BCUT2D eigenvalue weighted by molar-refractivity contribution is 5.50. The molecule has 0 saturated heterocycles. The van der Waals surface area contributed by atoms with Crippen LogP contribution in [-0.4, -0.2) is 19.1 Å². The molecule has 1 fully saturated rings. The molecule has 0 amide bonds. The van der Waals surface area contributed by atoms with Gasteiger partial charge in [0.25, 0.3) is 0 Å². The van der Waals surface area contributed by atoms with E-state index in [2.05, 4.69) is 16.7 Å². The molecule has 0 aliphatic heterocycles. The van der Waals surface area contributed by atoms with Gasteiger partial charge in [-0.15, -0.1) is 0 Å². The van der Waals surface area contributed by atoms with Crippen molar-refractivity contribution in [2.75, 3.05) is 18.9 Å². The molecule has 0 spiro atoms. The van der Waals surface area contributed by atoms with Crippen molar-refractivity contribution in [1.82, 2.24) is 5.32 Å². The first kappa shape index (κ1) is 14.8. The lowest BCUT2D eigenvalue weighted by atomic mass is 9.78.